The molecule has 0 radical (unpaired) electrons. The SMILES string of the molecule is O=C(c1ccc(Cl)cc1Cl)N1CCn2c(nnc2-c2ccccn2)C1. The number of halogens is 2. The minimum atomic E-state index is -0.143. The first-order valence-corrected chi connectivity index (χ1v) is 8.47. The van der Waals surface area contributed by atoms with Gasteiger partial charge in [-0.2, -0.15) is 0 Å². The standard InChI is InChI=1S/C17H13Cl2N5O/c18-11-4-5-12(13(19)9-11)17(25)23-7-8-24-15(10-23)21-22-16(24)14-3-1-2-6-20-14/h1-6,9H,7-8,10H2. The summed E-state index contributed by atoms with van der Waals surface area (Å²) < 4.78 is 2.00. The van der Waals surface area contributed by atoms with Gasteiger partial charge in [-0.15, -0.1) is 10.2 Å². The second-order valence-corrected chi connectivity index (χ2v) is 6.50. The van der Waals surface area contributed by atoms with Crippen LogP contribution in [0.3, 0.4) is 0 Å². The number of fused-ring (bicyclic) bond motifs is 1. The number of aromatic nitrogens is 4. The number of amides is 1. The van der Waals surface area contributed by atoms with Gasteiger partial charge < -0.3 is 9.47 Å². The molecule has 1 aromatic carbocycles. The molecule has 4 rings (SSSR count). The normalized spacial score (nSPS) is 13.6. The molecule has 126 valence electrons. The van der Waals surface area contributed by atoms with Gasteiger partial charge in [0.1, 0.15) is 5.69 Å². The number of hydrogen-bond acceptors (Lipinski definition) is 4. The molecule has 0 spiro atoms. The summed E-state index contributed by atoms with van der Waals surface area (Å²) in [4.78, 5) is 18.8. The van der Waals surface area contributed by atoms with Gasteiger partial charge in [-0.05, 0) is 30.3 Å². The van der Waals surface area contributed by atoms with Crippen molar-refractivity contribution in [3.8, 4) is 11.5 Å². The first-order valence-electron chi connectivity index (χ1n) is 7.71. The molecular formula is C17H13Cl2N5O. The summed E-state index contributed by atoms with van der Waals surface area (Å²) in [5, 5.41) is 9.30. The second-order valence-electron chi connectivity index (χ2n) is 5.66. The fraction of sp³-hybridized carbons (Fsp3) is 0.176. The minimum Gasteiger partial charge on any atom is -0.329 e. The molecule has 3 heterocycles. The molecule has 0 saturated heterocycles. The maximum absolute atomic E-state index is 12.7. The summed E-state index contributed by atoms with van der Waals surface area (Å²) in [6.07, 6.45) is 1.72. The molecule has 8 heteroatoms. The number of benzene rings is 1. The van der Waals surface area contributed by atoms with Crippen LogP contribution in [0.5, 0.6) is 0 Å². The van der Waals surface area contributed by atoms with E-state index in [0.717, 1.165) is 11.5 Å². The Kier molecular flexibility index (Phi) is 4.15. The van der Waals surface area contributed by atoms with Crippen molar-refractivity contribution >= 4 is 29.1 Å². The monoisotopic (exact) mass is 373 g/mol. The van der Waals surface area contributed by atoms with Gasteiger partial charge in [-0.1, -0.05) is 29.3 Å². The van der Waals surface area contributed by atoms with Gasteiger partial charge in [0, 0.05) is 24.3 Å². The van der Waals surface area contributed by atoms with E-state index in [9.17, 15) is 4.79 Å². The van der Waals surface area contributed by atoms with Crippen molar-refractivity contribution in [2.45, 2.75) is 13.1 Å². The van der Waals surface area contributed by atoms with E-state index in [4.69, 9.17) is 23.2 Å². The molecule has 0 atom stereocenters. The average molecular weight is 374 g/mol. The smallest absolute Gasteiger partial charge is 0.255 e. The topological polar surface area (TPSA) is 63.9 Å². The highest BCUT2D eigenvalue weighted by atomic mass is 35.5. The number of nitrogens with zero attached hydrogens (tertiary/aromatic N) is 5. The quantitative estimate of drug-likeness (QED) is 0.691. The maximum atomic E-state index is 12.7. The Morgan fingerprint density at radius 3 is 2.72 bits per heavy atom. The lowest BCUT2D eigenvalue weighted by Crippen LogP contribution is -2.38. The molecule has 3 aromatic rings. The van der Waals surface area contributed by atoms with Crippen LogP contribution >= 0.6 is 23.2 Å². The minimum absolute atomic E-state index is 0.143. The lowest BCUT2D eigenvalue weighted by atomic mass is 10.2. The molecule has 0 bridgehead atoms. The number of hydrogen-bond donors (Lipinski definition) is 0. The molecule has 0 N–H and O–H groups in total. The van der Waals surface area contributed by atoms with Crippen LogP contribution in [0.1, 0.15) is 16.2 Å². The summed E-state index contributed by atoms with van der Waals surface area (Å²) in [7, 11) is 0. The Labute approximate surface area is 154 Å². The number of carbonyl (C=O) groups excluding carboxylic acids is 1. The molecule has 1 aliphatic heterocycles. The van der Waals surface area contributed by atoms with Gasteiger partial charge in [0.05, 0.1) is 17.1 Å². The van der Waals surface area contributed by atoms with Crippen molar-refractivity contribution in [3.05, 3.63) is 64.0 Å². The van der Waals surface area contributed by atoms with E-state index in [1.54, 1.807) is 29.3 Å². The van der Waals surface area contributed by atoms with Crippen LogP contribution in [-0.2, 0) is 13.1 Å². The Morgan fingerprint density at radius 2 is 1.96 bits per heavy atom. The van der Waals surface area contributed by atoms with Crippen molar-refractivity contribution in [2.75, 3.05) is 6.54 Å². The molecule has 6 nitrogen and oxygen atoms in total. The van der Waals surface area contributed by atoms with Gasteiger partial charge in [-0.3, -0.25) is 9.78 Å². The van der Waals surface area contributed by atoms with E-state index in [-0.39, 0.29) is 5.91 Å². The number of rotatable bonds is 2. The summed E-state index contributed by atoms with van der Waals surface area (Å²) in [5.41, 5.74) is 1.20. The first-order chi connectivity index (χ1) is 12.1. The highest BCUT2D eigenvalue weighted by Gasteiger charge is 2.27. The average Bonchev–Trinajstić information content (AvgIpc) is 3.05. The summed E-state index contributed by atoms with van der Waals surface area (Å²) >= 11 is 12.1. The Balaban J connectivity index is 1.60. The molecular weight excluding hydrogens is 361 g/mol. The van der Waals surface area contributed by atoms with Crippen molar-refractivity contribution in [2.24, 2.45) is 0 Å². The highest BCUT2D eigenvalue weighted by Crippen LogP contribution is 2.25. The molecule has 0 aliphatic carbocycles. The molecule has 0 fully saturated rings. The van der Waals surface area contributed by atoms with Crippen molar-refractivity contribution in [1.82, 2.24) is 24.6 Å². The molecule has 1 aliphatic rings. The van der Waals surface area contributed by atoms with Crippen LogP contribution in [0.15, 0.2) is 42.6 Å². The Hall–Kier alpha value is -2.44. The largest absolute Gasteiger partial charge is 0.329 e. The van der Waals surface area contributed by atoms with Crippen molar-refractivity contribution in [3.63, 3.8) is 0 Å². The summed E-state index contributed by atoms with van der Waals surface area (Å²) in [6.45, 7) is 1.52. The predicted molar refractivity (Wildman–Crippen MR) is 94.5 cm³/mol. The highest BCUT2D eigenvalue weighted by molar-refractivity contribution is 6.36. The van der Waals surface area contributed by atoms with E-state index in [0.29, 0.717) is 41.1 Å². The van der Waals surface area contributed by atoms with Crippen molar-refractivity contribution in [1.29, 1.82) is 0 Å². The van der Waals surface area contributed by atoms with Gasteiger partial charge in [-0.25, -0.2) is 0 Å². The summed E-state index contributed by atoms with van der Waals surface area (Å²) in [5.74, 6) is 1.30. The zero-order valence-corrected chi connectivity index (χ0v) is 14.6. The third-order valence-electron chi connectivity index (χ3n) is 4.10. The van der Waals surface area contributed by atoms with Crippen LogP contribution < -0.4 is 0 Å². The number of pyridine rings is 1. The van der Waals surface area contributed by atoms with Gasteiger partial charge in [0.2, 0.25) is 0 Å². The zero-order chi connectivity index (χ0) is 17.4. The van der Waals surface area contributed by atoms with E-state index >= 15 is 0 Å². The van der Waals surface area contributed by atoms with E-state index in [1.807, 2.05) is 22.8 Å². The molecule has 25 heavy (non-hydrogen) atoms. The van der Waals surface area contributed by atoms with E-state index < -0.39 is 0 Å². The third-order valence-corrected chi connectivity index (χ3v) is 4.64. The number of carbonyl (C=O) groups is 1. The predicted octanol–water partition coefficient (Wildman–Crippen LogP) is 3.30. The van der Waals surface area contributed by atoms with Crippen LogP contribution in [-0.4, -0.2) is 37.1 Å². The van der Waals surface area contributed by atoms with Crippen LogP contribution in [0.4, 0.5) is 0 Å². The lowest BCUT2D eigenvalue weighted by Gasteiger charge is -2.28. The lowest BCUT2D eigenvalue weighted by molar-refractivity contribution is 0.0708. The third kappa shape index (κ3) is 2.99. The summed E-state index contributed by atoms with van der Waals surface area (Å²) in [6, 6.07) is 10.5. The Morgan fingerprint density at radius 1 is 1.08 bits per heavy atom. The van der Waals surface area contributed by atoms with Gasteiger partial charge in [0.15, 0.2) is 11.6 Å². The molecule has 0 unspecified atom stereocenters. The van der Waals surface area contributed by atoms with Crippen LogP contribution in [0, 0.1) is 0 Å². The fourth-order valence-corrected chi connectivity index (χ4v) is 3.34. The van der Waals surface area contributed by atoms with Crippen LogP contribution in [0.2, 0.25) is 10.0 Å². The maximum Gasteiger partial charge on any atom is 0.255 e. The fourth-order valence-electron chi connectivity index (χ4n) is 2.85. The van der Waals surface area contributed by atoms with E-state index in [1.165, 1.54) is 0 Å². The molecule has 1 amide bonds. The Bertz CT molecular complexity index is 941. The zero-order valence-electron chi connectivity index (χ0n) is 13.1. The van der Waals surface area contributed by atoms with Gasteiger partial charge in [0.25, 0.3) is 5.91 Å². The van der Waals surface area contributed by atoms with Gasteiger partial charge >= 0.3 is 0 Å². The van der Waals surface area contributed by atoms with Crippen LogP contribution in [0.25, 0.3) is 11.5 Å². The molecule has 2 aromatic heterocycles. The van der Waals surface area contributed by atoms with Crippen molar-refractivity contribution < 1.29 is 4.79 Å². The second kappa shape index (κ2) is 6.46. The first kappa shape index (κ1) is 16.1. The van der Waals surface area contributed by atoms with E-state index in [2.05, 4.69) is 15.2 Å². The molecule has 0 saturated carbocycles.